The minimum atomic E-state index is -0.0468. The van der Waals surface area contributed by atoms with Gasteiger partial charge in [0.15, 0.2) is 0 Å². The summed E-state index contributed by atoms with van der Waals surface area (Å²) in [4.78, 5) is 13.8. The second kappa shape index (κ2) is 6.22. The average Bonchev–Trinajstić information content (AvgIpc) is 2.46. The molecule has 0 aromatic heterocycles. The summed E-state index contributed by atoms with van der Waals surface area (Å²) in [5.74, 6) is -0.0468. The van der Waals surface area contributed by atoms with E-state index in [1.165, 1.54) is 0 Å². The fourth-order valence-electron chi connectivity index (χ4n) is 1.74. The predicted octanol–water partition coefficient (Wildman–Crippen LogP) is 3.53. The van der Waals surface area contributed by atoms with E-state index in [-0.39, 0.29) is 11.9 Å². The fraction of sp³-hybridized carbons (Fsp3) is 0.133. The van der Waals surface area contributed by atoms with Gasteiger partial charge in [-0.25, -0.2) is 0 Å². The minimum absolute atomic E-state index is 0.0468. The second-order valence-corrected chi connectivity index (χ2v) is 4.21. The number of alkyl halides is 1. The van der Waals surface area contributed by atoms with Crippen LogP contribution in [-0.2, 0) is 6.54 Å². The van der Waals surface area contributed by atoms with E-state index in [9.17, 15) is 4.79 Å². The summed E-state index contributed by atoms with van der Waals surface area (Å²) in [5.41, 5.74) is 1.73. The molecule has 2 aromatic carbocycles. The Balaban J connectivity index is 2.12. The van der Waals surface area contributed by atoms with Crippen LogP contribution in [0.1, 0.15) is 15.9 Å². The second-order valence-electron chi connectivity index (χ2n) is 3.97. The summed E-state index contributed by atoms with van der Waals surface area (Å²) in [6, 6.07) is 19.2. The smallest absolute Gasteiger partial charge is 0.255 e. The quantitative estimate of drug-likeness (QED) is 0.608. The summed E-state index contributed by atoms with van der Waals surface area (Å²) in [6.45, 7) is 0.526. The summed E-state index contributed by atoms with van der Waals surface area (Å²) < 4.78 is 0. The lowest BCUT2D eigenvalue weighted by Crippen LogP contribution is -2.29. The third kappa shape index (κ3) is 3.11. The Labute approximate surface area is 112 Å². The minimum Gasteiger partial charge on any atom is -0.321 e. The lowest BCUT2D eigenvalue weighted by atomic mass is 10.1. The Bertz CT molecular complexity index is 498. The molecule has 0 bridgehead atoms. The van der Waals surface area contributed by atoms with E-state index in [0.29, 0.717) is 12.1 Å². The zero-order valence-electron chi connectivity index (χ0n) is 9.92. The highest BCUT2D eigenvalue weighted by Gasteiger charge is 2.14. The predicted molar refractivity (Wildman–Crippen MR) is 73.5 cm³/mol. The van der Waals surface area contributed by atoms with E-state index in [1.54, 1.807) is 17.0 Å². The first-order chi connectivity index (χ1) is 8.81. The van der Waals surface area contributed by atoms with E-state index in [0.717, 1.165) is 5.56 Å². The molecule has 0 aliphatic heterocycles. The molecule has 0 fully saturated rings. The summed E-state index contributed by atoms with van der Waals surface area (Å²) in [5, 5.41) is 0. The highest BCUT2D eigenvalue weighted by Crippen LogP contribution is 2.10. The first-order valence-electron chi connectivity index (χ1n) is 5.75. The van der Waals surface area contributed by atoms with Crippen LogP contribution >= 0.6 is 11.6 Å². The SMILES string of the molecule is O=C(c1ccccc1)N(CCl)Cc1ccccc1. The maximum atomic E-state index is 12.2. The van der Waals surface area contributed by atoms with Crippen LogP contribution in [0, 0.1) is 0 Å². The zero-order valence-corrected chi connectivity index (χ0v) is 10.7. The maximum Gasteiger partial charge on any atom is 0.255 e. The van der Waals surface area contributed by atoms with Crippen molar-refractivity contribution in [2.24, 2.45) is 0 Å². The Morgan fingerprint density at radius 1 is 0.944 bits per heavy atom. The highest BCUT2D eigenvalue weighted by atomic mass is 35.5. The van der Waals surface area contributed by atoms with E-state index in [4.69, 9.17) is 11.6 Å². The molecule has 0 atom stereocenters. The Hall–Kier alpha value is -1.80. The molecule has 0 N–H and O–H groups in total. The largest absolute Gasteiger partial charge is 0.321 e. The van der Waals surface area contributed by atoms with Gasteiger partial charge >= 0.3 is 0 Å². The lowest BCUT2D eigenvalue weighted by molar-refractivity contribution is 0.0773. The average molecular weight is 260 g/mol. The molecular formula is C15H14ClNO. The third-order valence-corrected chi connectivity index (χ3v) is 2.96. The normalized spacial score (nSPS) is 10.1. The number of rotatable bonds is 4. The summed E-state index contributed by atoms with van der Waals surface area (Å²) in [7, 11) is 0. The molecule has 18 heavy (non-hydrogen) atoms. The van der Waals surface area contributed by atoms with Crippen LogP contribution in [-0.4, -0.2) is 16.8 Å². The van der Waals surface area contributed by atoms with Crippen LogP contribution in [0.3, 0.4) is 0 Å². The van der Waals surface area contributed by atoms with E-state index in [2.05, 4.69) is 0 Å². The standard InChI is InChI=1S/C15H14ClNO/c16-12-17(11-13-7-3-1-4-8-13)15(18)14-9-5-2-6-10-14/h1-10H,11-12H2. The van der Waals surface area contributed by atoms with Gasteiger partial charge in [0, 0.05) is 12.1 Å². The number of carbonyl (C=O) groups excluding carboxylic acids is 1. The monoisotopic (exact) mass is 259 g/mol. The highest BCUT2D eigenvalue weighted by molar-refractivity contribution is 6.19. The molecule has 0 unspecified atom stereocenters. The first-order valence-corrected chi connectivity index (χ1v) is 6.29. The van der Waals surface area contributed by atoms with Gasteiger partial charge in [-0.1, -0.05) is 48.5 Å². The van der Waals surface area contributed by atoms with Gasteiger partial charge in [-0.05, 0) is 17.7 Å². The van der Waals surface area contributed by atoms with Gasteiger partial charge in [-0.3, -0.25) is 4.79 Å². The zero-order chi connectivity index (χ0) is 12.8. The fourth-order valence-corrected chi connectivity index (χ4v) is 1.93. The molecule has 0 aliphatic carbocycles. The van der Waals surface area contributed by atoms with Gasteiger partial charge in [0.1, 0.15) is 0 Å². The number of benzene rings is 2. The van der Waals surface area contributed by atoms with Crippen LogP contribution in [0.15, 0.2) is 60.7 Å². The molecule has 1 amide bonds. The van der Waals surface area contributed by atoms with Crippen LogP contribution in [0.4, 0.5) is 0 Å². The Morgan fingerprint density at radius 2 is 1.50 bits per heavy atom. The van der Waals surface area contributed by atoms with Gasteiger partial charge in [0.2, 0.25) is 0 Å². The van der Waals surface area contributed by atoms with Crippen LogP contribution < -0.4 is 0 Å². The van der Waals surface area contributed by atoms with E-state index >= 15 is 0 Å². The summed E-state index contributed by atoms with van der Waals surface area (Å²) >= 11 is 5.87. The van der Waals surface area contributed by atoms with Crippen molar-refractivity contribution in [3.8, 4) is 0 Å². The van der Waals surface area contributed by atoms with Gasteiger partial charge in [0.25, 0.3) is 5.91 Å². The molecule has 0 aliphatic rings. The van der Waals surface area contributed by atoms with Crippen LogP contribution in [0.2, 0.25) is 0 Å². The van der Waals surface area contributed by atoms with Crippen molar-refractivity contribution < 1.29 is 4.79 Å². The topological polar surface area (TPSA) is 20.3 Å². The molecule has 3 heteroatoms. The van der Waals surface area contributed by atoms with Crippen LogP contribution in [0.25, 0.3) is 0 Å². The number of hydrogen-bond acceptors (Lipinski definition) is 1. The molecular weight excluding hydrogens is 246 g/mol. The van der Waals surface area contributed by atoms with Gasteiger partial charge in [0.05, 0.1) is 6.00 Å². The number of nitrogens with zero attached hydrogens (tertiary/aromatic N) is 1. The molecule has 0 radical (unpaired) electrons. The lowest BCUT2D eigenvalue weighted by Gasteiger charge is -2.19. The molecule has 0 spiro atoms. The van der Waals surface area contributed by atoms with Gasteiger partial charge < -0.3 is 4.90 Å². The molecule has 0 heterocycles. The molecule has 92 valence electrons. The van der Waals surface area contributed by atoms with Crippen molar-refractivity contribution >= 4 is 17.5 Å². The summed E-state index contributed by atoms with van der Waals surface area (Å²) in [6.07, 6.45) is 0. The van der Waals surface area contributed by atoms with Crippen molar-refractivity contribution in [1.82, 2.24) is 4.90 Å². The number of halogens is 1. The third-order valence-electron chi connectivity index (χ3n) is 2.67. The van der Waals surface area contributed by atoms with Crippen molar-refractivity contribution in [2.75, 3.05) is 6.00 Å². The Morgan fingerprint density at radius 3 is 2.06 bits per heavy atom. The Kier molecular flexibility index (Phi) is 4.37. The van der Waals surface area contributed by atoms with Gasteiger partial charge in [-0.2, -0.15) is 0 Å². The van der Waals surface area contributed by atoms with Crippen LogP contribution in [0.5, 0.6) is 0 Å². The van der Waals surface area contributed by atoms with E-state index < -0.39 is 0 Å². The molecule has 2 rings (SSSR count). The molecule has 2 aromatic rings. The molecule has 0 saturated heterocycles. The number of hydrogen-bond donors (Lipinski definition) is 0. The van der Waals surface area contributed by atoms with E-state index in [1.807, 2.05) is 48.5 Å². The number of amides is 1. The number of carbonyl (C=O) groups is 1. The maximum absolute atomic E-state index is 12.2. The van der Waals surface area contributed by atoms with Crippen molar-refractivity contribution in [3.05, 3.63) is 71.8 Å². The van der Waals surface area contributed by atoms with Crippen molar-refractivity contribution in [1.29, 1.82) is 0 Å². The first kappa shape index (κ1) is 12.7. The van der Waals surface area contributed by atoms with Crippen molar-refractivity contribution in [3.63, 3.8) is 0 Å². The van der Waals surface area contributed by atoms with Gasteiger partial charge in [-0.15, -0.1) is 11.6 Å². The molecule has 0 saturated carbocycles. The molecule has 2 nitrogen and oxygen atoms in total. The van der Waals surface area contributed by atoms with Crippen molar-refractivity contribution in [2.45, 2.75) is 6.54 Å².